The lowest BCUT2D eigenvalue weighted by Gasteiger charge is -2.10. The van der Waals surface area contributed by atoms with E-state index in [1.807, 2.05) is 13.0 Å². The van der Waals surface area contributed by atoms with E-state index in [9.17, 15) is 5.02 Å². The third kappa shape index (κ3) is 5.76. The molecule has 0 heterocycles. The molecule has 0 aromatic heterocycles. The molecule has 0 aliphatic heterocycles. The fourth-order valence-corrected chi connectivity index (χ4v) is 1.68. The average molecular weight is 271 g/mol. The van der Waals surface area contributed by atoms with E-state index in [1.165, 1.54) is 12.8 Å². The van der Waals surface area contributed by atoms with Gasteiger partial charge in [-0.1, -0.05) is 43.9 Å². The van der Waals surface area contributed by atoms with Gasteiger partial charge in [0.15, 0.2) is 0 Å². The van der Waals surface area contributed by atoms with Crippen molar-refractivity contribution in [2.24, 2.45) is 0 Å². The zero-order valence-corrected chi connectivity index (χ0v) is 11.7. The molecule has 0 unspecified atom stereocenters. The molecule has 5 heteroatoms. The first-order chi connectivity index (χ1) is 8.63. The number of halogens is 1. The van der Waals surface area contributed by atoms with Crippen LogP contribution in [0.3, 0.4) is 0 Å². The molecule has 1 rings (SSSR count). The summed E-state index contributed by atoms with van der Waals surface area (Å²) in [5.41, 5.74) is 0.971. The fourth-order valence-electron chi connectivity index (χ4n) is 1.51. The molecule has 0 spiro atoms. The van der Waals surface area contributed by atoms with Crippen LogP contribution >= 0.6 is 11.6 Å². The van der Waals surface area contributed by atoms with Crippen molar-refractivity contribution in [1.29, 1.82) is 0 Å². The second kappa shape index (κ2) is 8.41. The highest BCUT2D eigenvalue weighted by Gasteiger charge is 2.18. The molecule has 0 aliphatic rings. The highest BCUT2D eigenvalue weighted by atomic mass is 35.5. The van der Waals surface area contributed by atoms with Crippen LogP contribution in [-0.4, -0.2) is 19.0 Å². The number of benzene rings is 1. The third-order valence-electron chi connectivity index (χ3n) is 2.64. The van der Waals surface area contributed by atoms with Crippen LogP contribution in [0.25, 0.3) is 0 Å². The van der Waals surface area contributed by atoms with Crippen LogP contribution in [-0.2, 0) is 4.65 Å². The van der Waals surface area contributed by atoms with Crippen LogP contribution in [0.4, 0.5) is 0 Å². The predicted octanol–water partition coefficient (Wildman–Crippen LogP) is 3.60. The van der Waals surface area contributed by atoms with Gasteiger partial charge < -0.3 is 14.3 Å². The Labute approximate surface area is 114 Å². The molecule has 3 nitrogen and oxygen atoms in total. The fraction of sp³-hybridized carbons (Fsp3) is 0.538. The van der Waals surface area contributed by atoms with Crippen LogP contribution in [0.2, 0.25) is 5.02 Å². The Morgan fingerprint density at radius 3 is 2.72 bits per heavy atom. The van der Waals surface area contributed by atoms with Gasteiger partial charge in [-0.15, -0.1) is 0 Å². The summed E-state index contributed by atoms with van der Waals surface area (Å²) in [5, 5.41) is 10.1. The lowest BCUT2D eigenvalue weighted by Crippen LogP contribution is -2.26. The van der Waals surface area contributed by atoms with Crippen LogP contribution in [0.1, 0.15) is 38.2 Å². The van der Waals surface area contributed by atoms with E-state index in [0.29, 0.717) is 17.4 Å². The quantitative estimate of drug-likeness (QED) is 0.579. The highest BCUT2D eigenvalue weighted by molar-refractivity contribution is 6.35. The Hall–Kier alpha value is -0.705. The van der Waals surface area contributed by atoms with Gasteiger partial charge in [0.1, 0.15) is 5.75 Å². The van der Waals surface area contributed by atoms with Gasteiger partial charge in [0.25, 0.3) is 0 Å². The number of rotatable bonds is 8. The molecule has 1 N–H and O–H groups in total. The van der Waals surface area contributed by atoms with Crippen molar-refractivity contribution in [2.75, 3.05) is 6.61 Å². The first-order valence-corrected chi connectivity index (χ1v) is 6.73. The molecule has 1 aromatic rings. The summed E-state index contributed by atoms with van der Waals surface area (Å²) in [4.78, 5) is 0. The summed E-state index contributed by atoms with van der Waals surface area (Å²) in [7, 11) is -1.23. The number of unbranched alkanes of at least 4 members (excludes halogenated alkanes) is 3. The molecule has 0 amide bonds. The third-order valence-corrected chi connectivity index (χ3v) is 3.05. The molecule has 0 saturated heterocycles. The summed E-state index contributed by atoms with van der Waals surface area (Å²) in [6.45, 7) is 4.56. The molecule has 0 bridgehead atoms. The Morgan fingerprint density at radius 1 is 1.28 bits per heavy atom. The summed E-state index contributed by atoms with van der Waals surface area (Å²) in [5.74, 6) is 0.506. The SMILES string of the molecule is CCCCCCOB(O)Oc1ccc(C)c(Cl)c1. The normalized spacial score (nSPS) is 10.4. The standard InChI is InChI=1S/C13H20BClO3/c1-3-4-5-6-9-17-14(16)18-12-8-7-11(2)13(15)10-12/h7-8,10,16H,3-6,9H2,1-2H3. The van der Waals surface area contributed by atoms with Crippen molar-refractivity contribution in [1.82, 2.24) is 0 Å². The van der Waals surface area contributed by atoms with Gasteiger partial charge in [-0.2, -0.15) is 0 Å². The minimum absolute atomic E-state index is 0.501. The van der Waals surface area contributed by atoms with E-state index in [1.54, 1.807) is 12.1 Å². The molecule has 18 heavy (non-hydrogen) atoms. The van der Waals surface area contributed by atoms with Crippen molar-refractivity contribution in [3.05, 3.63) is 28.8 Å². The molecular weight excluding hydrogens is 250 g/mol. The maximum absolute atomic E-state index is 9.53. The lowest BCUT2D eigenvalue weighted by molar-refractivity contribution is 0.189. The first-order valence-electron chi connectivity index (χ1n) is 6.36. The van der Waals surface area contributed by atoms with Gasteiger partial charge in [-0.05, 0) is 31.0 Å². The van der Waals surface area contributed by atoms with Crippen molar-refractivity contribution in [2.45, 2.75) is 39.5 Å². The van der Waals surface area contributed by atoms with E-state index >= 15 is 0 Å². The van der Waals surface area contributed by atoms with E-state index in [-0.39, 0.29) is 0 Å². The number of hydrogen-bond donors (Lipinski definition) is 1. The van der Waals surface area contributed by atoms with Gasteiger partial charge in [0.05, 0.1) is 0 Å². The van der Waals surface area contributed by atoms with Crippen molar-refractivity contribution < 1.29 is 14.3 Å². The second-order valence-electron chi connectivity index (χ2n) is 4.27. The second-order valence-corrected chi connectivity index (χ2v) is 4.67. The molecule has 0 atom stereocenters. The average Bonchev–Trinajstić information content (AvgIpc) is 2.34. The van der Waals surface area contributed by atoms with Crippen molar-refractivity contribution in [3.8, 4) is 5.75 Å². The topological polar surface area (TPSA) is 38.7 Å². The number of aryl methyl sites for hydroxylation is 1. The minimum Gasteiger partial charge on any atom is -0.512 e. The minimum atomic E-state index is -1.23. The maximum Gasteiger partial charge on any atom is 0.710 e. The van der Waals surface area contributed by atoms with Crippen LogP contribution in [0, 0.1) is 6.92 Å². The van der Waals surface area contributed by atoms with Gasteiger partial charge in [-0.3, -0.25) is 0 Å². The summed E-state index contributed by atoms with van der Waals surface area (Å²) in [6, 6.07) is 5.26. The summed E-state index contributed by atoms with van der Waals surface area (Å²) in [6.07, 6.45) is 4.41. The maximum atomic E-state index is 9.53. The largest absolute Gasteiger partial charge is 0.710 e. The predicted molar refractivity (Wildman–Crippen MR) is 74.9 cm³/mol. The first kappa shape index (κ1) is 15.4. The zero-order valence-electron chi connectivity index (χ0n) is 11.0. The Bertz CT molecular complexity index is 360. The monoisotopic (exact) mass is 270 g/mol. The van der Waals surface area contributed by atoms with E-state index < -0.39 is 7.32 Å². The lowest BCUT2D eigenvalue weighted by atomic mass is 10.2. The van der Waals surface area contributed by atoms with Crippen LogP contribution < -0.4 is 4.65 Å². The zero-order chi connectivity index (χ0) is 13.4. The van der Waals surface area contributed by atoms with Crippen molar-refractivity contribution in [3.63, 3.8) is 0 Å². The highest BCUT2D eigenvalue weighted by Crippen LogP contribution is 2.21. The molecule has 0 saturated carbocycles. The van der Waals surface area contributed by atoms with Gasteiger partial charge in [-0.25, -0.2) is 0 Å². The summed E-state index contributed by atoms with van der Waals surface area (Å²) >= 11 is 5.96. The Kier molecular flexibility index (Phi) is 7.17. The van der Waals surface area contributed by atoms with E-state index in [2.05, 4.69) is 6.92 Å². The molecular formula is C13H20BClO3. The molecule has 0 aliphatic carbocycles. The molecule has 100 valence electrons. The van der Waals surface area contributed by atoms with Gasteiger partial charge in [0, 0.05) is 11.6 Å². The number of hydrogen-bond acceptors (Lipinski definition) is 3. The van der Waals surface area contributed by atoms with Gasteiger partial charge >= 0.3 is 7.32 Å². The molecule has 0 fully saturated rings. The van der Waals surface area contributed by atoms with E-state index in [4.69, 9.17) is 20.9 Å². The summed E-state index contributed by atoms with van der Waals surface area (Å²) < 4.78 is 10.4. The Morgan fingerprint density at radius 2 is 2.06 bits per heavy atom. The van der Waals surface area contributed by atoms with Crippen LogP contribution in [0.5, 0.6) is 5.75 Å². The molecule has 0 radical (unpaired) electrons. The van der Waals surface area contributed by atoms with E-state index in [0.717, 1.165) is 18.4 Å². The smallest absolute Gasteiger partial charge is 0.512 e. The molecule has 1 aromatic carbocycles. The van der Waals surface area contributed by atoms with Crippen molar-refractivity contribution >= 4 is 18.9 Å². The van der Waals surface area contributed by atoms with Gasteiger partial charge in [0.2, 0.25) is 0 Å². The van der Waals surface area contributed by atoms with Crippen LogP contribution in [0.15, 0.2) is 18.2 Å². The Balaban J connectivity index is 2.26.